The summed E-state index contributed by atoms with van der Waals surface area (Å²) in [5, 5.41) is 12.0. The Morgan fingerprint density at radius 1 is 0.943 bits per heavy atom. The molecule has 0 radical (unpaired) electrons. The Kier molecular flexibility index (Phi) is 6.93. The van der Waals surface area contributed by atoms with Crippen LogP contribution in [0.4, 0.5) is 5.69 Å². The van der Waals surface area contributed by atoms with Crippen LogP contribution in [0.25, 0.3) is 5.76 Å². The van der Waals surface area contributed by atoms with Gasteiger partial charge in [0.1, 0.15) is 11.5 Å². The van der Waals surface area contributed by atoms with Crippen LogP contribution in [0.15, 0.2) is 66.2 Å². The van der Waals surface area contributed by atoms with Crippen LogP contribution in [0, 0.1) is 13.8 Å². The van der Waals surface area contributed by atoms with Crippen molar-refractivity contribution in [1.82, 2.24) is 0 Å². The van der Waals surface area contributed by atoms with Gasteiger partial charge >= 0.3 is 0 Å². The predicted octanol–water partition coefficient (Wildman–Crippen LogP) is 7.02. The quantitative estimate of drug-likeness (QED) is 0.228. The van der Waals surface area contributed by atoms with Crippen molar-refractivity contribution in [2.75, 3.05) is 4.90 Å². The Bertz CT molecular complexity index is 1350. The summed E-state index contributed by atoms with van der Waals surface area (Å²) < 4.78 is 5.79. The van der Waals surface area contributed by atoms with Gasteiger partial charge in [0.25, 0.3) is 11.7 Å². The average Bonchev–Trinajstić information content (AvgIpc) is 3.07. The molecule has 1 saturated heterocycles. The van der Waals surface area contributed by atoms with Crippen molar-refractivity contribution in [3.8, 4) is 5.75 Å². The van der Waals surface area contributed by atoms with E-state index in [1.165, 1.54) is 4.90 Å². The number of anilines is 1. The molecule has 1 N–H and O–H groups in total. The summed E-state index contributed by atoms with van der Waals surface area (Å²) in [6.45, 7) is 7.65. The van der Waals surface area contributed by atoms with E-state index >= 15 is 0 Å². The number of ketones is 1. The summed E-state index contributed by atoms with van der Waals surface area (Å²) in [5.41, 5.74) is 3.27. The number of hydrogen-bond donors (Lipinski definition) is 1. The number of carbonyl (C=O) groups excluding carboxylic acids is 2. The Hall–Kier alpha value is -3.28. The van der Waals surface area contributed by atoms with Crippen LogP contribution < -0.4 is 9.64 Å². The van der Waals surface area contributed by atoms with E-state index in [-0.39, 0.29) is 22.5 Å². The van der Waals surface area contributed by atoms with E-state index in [2.05, 4.69) is 0 Å². The third-order valence-corrected chi connectivity index (χ3v) is 6.57. The molecule has 35 heavy (non-hydrogen) atoms. The number of hydrogen-bond acceptors (Lipinski definition) is 4. The Balaban J connectivity index is 1.91. The highest BCUT2D eigenvalue weighted by Crippen LogP contribution is 2.43. The largest absolute Gasteiger partial charge is 0.507 e. The number of aryl methyl sites for hydroxylation is 2. The Morgan fingerprint density at radius 2 is 1.63 bits per heavy atom. The van der Waals surface area contributed by atoms with Gasteiger partial charge in [-0.1, -0.05) is 47.0 Å². The van der Waals surface area contributed by atoms with E-state index in [1.54, 1.807) is 48.5 Å². The minimum absolute atomic E-state index is 0.0115. The van der Waals surface area contributed by atoms with E-state index in [1.807, 2.05) is 39.8 Å². The normalized spacial score (nSPS) is 17.3. The summed E-state index contributed by atoms with van der Waals surface area (Å²) in [7, 11) is 0. The molecule has 5 nitrogen and oxygen atoms in total. The SMILES string of the molecule is Cc1ccc(N2C(=O)C(=O)/C(=C(\O)c3ccc(OC(C)C)c(C)c3)C2c2ccc(Cl)c(Cl)c2)cc1. The van der Waals surface area contributed by atoms with Crippen LogP contribution in [-0.4, -0.2) is 22.9 Å². The number of aliphatic hydroxyl groups excluding tert-OH is 1. The van der Waals surface area contributed by atoms with Crippen molar-refractivity contribution in [3.05, 3.63) is 98.5 Å². The van der Waals surface area contributed by atoms with Crippen molar-refractivity contribution >= 4 is 46.3 Å². The zero-order valence-electron chi connectivity index (χ0n) is 19.8. The number of nitrogens with zero attached hydrogens (tertiary/aromatic N) is 1. The monoisotopic (exact) mass is 509 g/mol. The molecule has 0 spiro atoms. The standard InChI is InChI=1S/C28H25Cl2NO4/c1-15(2)35-23-12-8-19(13-17(23)4)26(32)24-25(18-7-11-21(29)22(30)14-18)31(28(34)27(24)33)20-9-5-16(3)6-10-20/h5-15,25,32H,1-4H3/b26-24-. The third-order valence-electron chi connectivity index (χ3n) is 5.83. The highest BCUT2D eigenvalue weighted by Gasteiger charge is 2.47. The first-order valence-corrected chi connectivity index (χ1v) is 11.9. The summed E-state index contributed by atoms with van der Waals surface area (Å²) in [5.74, 6) is -1.10. The first-order chi connectivity index (χ1) is 16.6. The number of aliphatic hydroxyl groups is 1. The first kappa shape index (κ1) is 24.8. The maximum absolute atomic E-state index is 13.3. The summed E-state index contributed by atoms with van der Waals surface area (Å²) >= 11 is 12.4. The number of benzene rings is 3. The lowest BCUT2D eigenvalue weighted by molar-refractivity contribution is -0.132. The zero-order chi connectivity index (χ0) is 25.4. The number of rotatable bonds is 5. The fourth-order valence-electron chi connectivity index (χ4n) is 4.14. The molecule has 3 aromatic carbocycles. The Labute approximate surface area is 214 Å². The van der Waals surface area contributed by atoms with Gasteiger partial charge in [-0.05, 0) is 81.3 Å². The summed E-state index contributed by atoms with van der Waals surface area (Å²) in [4.78, 5) is 28.0. The smallest absolute Gasteiger partial charge is 0.300 e. The molecule has 0 saturated carbocycles. The molecule has 0 aliphatic carbocycles. The molecule has 1 fully saturated rings. The zero-order valence-corrected chi connectivity index (χ0v) is 21.3. The van der Waals surface area contributed by atoms with E-state index in [4.69, 9.17) is 27.9 Å². The summed E-state index contributed by atoms with van der Waals surface area (Å²) in [6, 6.07) is 16.4. The molecule has 0 bridgehead atoms. The second kappa shape index (κ2) is 9.76. The molecule has 0 aromatic heterocycles. The second-order valence-electron chi connectivity index (χ2n) is 8.83. The van der Waals surface area contributed by atoms with Gasteiger partial charge in [-0.3, -0.25) is 14.5 Å². The topological polar surface area (TPSA) is 66.8 Å². The highest BCUT2D eigenvalue weighted by molar-refractivity contribution is 6.51. The van der Waals surface area contributed by atoms with Gasteiger partial charge < -0.3 is 9.84 Å². The molecule has 1 heterocycles. The molecule has 1 atom stereocenters. The average molecular weight is 510 g/mol. The lowest BCUT2D eigenvalue weighted by Gasteiger charge is -2.26. The van der Waals surface area contributed by atoms with Gasteiger partial charge in [0.2, 0.25) is 0 Å². The lowest BCUT2D eigenvalue weighted by Crippen LogP contribution is -2.29. The lowest BCUT2D eigenvalue weighted by atomic mass is 9.94. The number of Topliss-reactive ketones (excluding diaryl/α,β-unsaturated/α-hetero) is 1. The first-order valence-electron chi connectivity index (χ1n) is 11.2. The highest BCUT2D eigenvalue weighted by atomic mass is 35.5. The minimum atomic E-state index is -0.889. The maximum Gasteiger partial charge on any atom is 0.300 e. The molecule has 1 unspecified atom stereocenters. The molecule has 1 aliphatic heterocycles. The number of carbonyl (C=O) groups is 2. The molecule has 180 valence electrons. The fraction of sp³-hybridized carbons (Fsp3) is 0.214. The van der Waals surface area contributed by atoms with Crippen LogP contribution in [0.2, 0.25) is 10.0 Å². The van der Waals surface area contributed by atoms with E-state index in [0.29, 0.717) is 27.6 Å². The van der Waals surface area contributed by atoms with Crippen LogP contribution in [0.5, 0.6) is 5.75 Å². The van der Waals surface area contributed by atoms with Crippen LogP contribution >= 0.6 is 23.2 Å². The fourth-order valence-corrected chi connectivity index (χ4v) is 4.45. The molecule has 1 amide bonds. The number of halogens is 2. The molecule has 1 aliphatic rings. The van der Waals surface area contributed by atoms with Crippen molar-refractivity contribution in [2.45, 2.75) is 39.8 Å². The molecule has 3 aromatic rings. The molecular formula is C28H25Cl2NO4. The van der Waals surface area contributed by atoms with Gasteiger partial charge in [-0.15, -0.1) is 0 Å². The van der Waals surface area contributed by atoms with Crippen molar-refractivity contribution in [1.29, 1.82) is 0 Å². The van der Waals surface area contributed by atoms with E-state index in [0.717, 1.165) is 11.1 Å². The summed E-state index contributed by atoms with van der Waals surface area (Å²) in [6.07, 6.45) is -0.0115. The Morgan fingerprint density at radius 3 is 2.23 bits per heavy atom. The second-order valence-corrected chi connectivity index (χ2v) is 9.64. The van der Waals surface area contributed by atoms with Gasteiger partial charge in [0.05, 0.1) is 27.8 Å². The third kappa shape index (κ3) is 4.79. The minimum Gasteiger partial charge on any atom is -0.507 e. The number of ether oxygens (including phenoxy) is 1. The van der Waals surface area contributed by atoms with Crippen LogP contribution in [0.3, 0.4) is 0 Å². The van der Waals surface area contributed by atoms with Crippen LogP contribution in [-0.2, 0) is 9.59 Å². The number of amides is 1. The predicted molar refractivity (Wildman–Crippen MR) is 139 cm³/mol. The molecular weight excluding hydrogens is 485 g/mol. The molecule has 7 heteroatoms. The van der Waals surface area contributed by atoms with Gasteiger partial charge in [0, 0.05) is 11.3 Å². The van der Waals surface area contributed by atoms with Gasteiger partial charge in [-0.2, -0.15) is 0 Å². The van der Waals surface area contributed by atoms with Gasteiger partial charge in [0.15, 0.2) is 0 Å². The molecule has 4 rings (SSSR count). The van der Waals surface area contributed by atoms with Gasteiger partial charge in [-0.25, -0.2) is 0 Å². The van der Waals surface area contributed by atoms with Crippen molar-refractivity contribution in [2.24, 2.45) is 0 Å². The maximum atomic E-state index is 13.3. The van der Waals surface area contributed by atoms with Crippen molar-refractivity contribution < 1.29 is 19.4 Å². The van der Waals surface area contributed by atoms with Crippen molar-refractivity contribution in [3.63, 3.8) is 0 Å². The van der Waals surface area contributed by atoms with E-state index in [9.17, 15) is 14.7 Å². The van der Waals surface area contributed by atoms with E-state index < -0.39 is 17.7 Å². The van der Waals surface area contributed by atoms with Crippen LogP contribution in [0.1, 0.15) is 42.1 Å².